The molecule has 3 aliphatic rings. The van der Waals surface area contributed by atoms with E-state index in [-0.39, 0.29) is 17.7 Å². The van der Waals surface area contributed by atoms with Gasteiger partial charge in [0.25, 0.3) is 6.01 Å². The summed E-state index contributed by atoms with van der Waals surface area (Å²) in [5, 5.41) is 0. The second kappa shape index (κ2) is 11.1. The number of anilines is 1. The topological polar surface area (TPSA) is 134 Å². The highest BCUT2D eigenvalue weighted by Gasteiger charge is 2.31. The molecule has 0 radical (unpaired) electrons. The Bertz CT molecular complexity index is 1480. The van der Waals surface area contributed by atoms with Crippen LogP contribution >= 0.6 is 0 Å². The highest BCUT2D eigenvalue weighted by Crippen LogP contribution is 2.32. The minimum Gasteiger partial charge on any atom is -0.481 e. The van der Waals surface area contributed by atoms with Crippen molar-refractivity contribution in [3.8, 4) is 23.3 Å². The van der Waals surface area contributed by atoms with Gasteiger partial charge in [0.1, 0.15) is 6.10 Å². The van der Waals surface area contributed by atoms with Gasteiger partial charge in [0.2, 0.25) is 5.88 Å². The third-order valence-electron chi connectivity index (χ3n) is 7.65. The number of ether oxygens (including phenoxy) is 4. The van der Waals surface area contributed by atoms with E-state index in [1.807, 2.05) is 11.6 Å². The normalized spacial score (nSPS) is 19.6. The summed E-state index contributed by atoms with van der Waals surface area (Å²) in [5.74, 6) is 1.17. The zero-order chi connectivity index (χ0) is 27.9. The van der Waals surface area contributed by atoms with E-state index < -0.39 is 9.84 Å². The average Bonchev–Trinajstić information content (AvgIpc) is 3.22. The van der Waals surface area contributed by atoms with Gasteiger partial charge in [-0.1, -0.05) is 0 Å². The molecule has 3 fully saturated rings. The van der Waals surface area contributed by atoms with Gasteiger partial charge in [0, 0.05) is 56.8 Å². The number of nitrogens with zero attached hydrogens (tertiary/aromatic N) is 7. The van der Waals surface area contributed by atoms with Gasteiger partial charge in [-0.05, 0) is 18.9 Å². The van der Waals surface area contributed by atoms with Crippen LogP contribution in [0.15, 0.2) is 12.3 Å². The monoisotopic (exact) mass is 573 g/mol. The van der Waals surface area contributed by atoms with E-state index in [1.54, 1.807) is 12.3 Å². The standard InChI is InChI=1S/C26H35N7O6S/c1-31-23-21(28-26(31)39-20-4-6-32(7-5-20)19-14-38-15-19)24(33-8-10-37-11-9-33)30-22(29-23)17-12-18(16-40(3,34)35)25(36-2)27-13-17/h12-13,19-20H,4-11,14-16H2,1-3H3. The van der Waals surface area contributed by atoms with Crippen molar-refractivity contribution in [3.05, 3.63) is 17.8 Å². The number of sulfone groups is 1. The van der Waals surface area contributed by atoms with Crippen LogP contribution in [0.25, 0.3) is 22.6 Å². The summed E-state index contributed by atoms with van der Waals surface area (Å²) in [6.45, 7) is 6.11. The van der Waals surface area contributed by atoms with Crippen LogP contribution in [0.2, 0.25) is 0 Å². The zero-order valence-corrected chi connectivity index (χ0v) is 23.9. The van der Waals surface area contributed by atoms with E-state index in [0.29, 0.717) is 72.3 Å². The molecule has 0 saturated carbocycles. The van der Waals surface area contributed by atoms with Crippen molar-refractivity contribution in [3.63, 3.8) is 0 Å². The van der Waals surface area contributed by atoms with Crippen molar-refractivity contribution in [1.82, 2.24) is 29.4 Å². The van der Waals surface area contributed by atoms with E-state index in [9.17, 15) is 8.42 Å². The number of hydrogen-bond acceptors (Lipinski definition) is 12. The molecule has 13 nitrogen and oxygen atoms in total. The first-order chi connectivity index (χ1) is 19.3. The molecular weight excluding hydrogens is 538 g/mol. The highest BCUT2D eigenvalue weighted by molar-refractivity contribution is 7.89. The van der Waals surface area contributed by atoms with Gasteiger partial charge in [0.05, 0.1) is 45.3 Å². The number of rotatable bonds is 8. The number of morpholine rings is 1. The van der Waals surface area contributed by atoms with Crippen LogP contribution < -0.4 is 14.4 Å². The van der Waals surface area contributed by atoms with Crippen molar-refractivity contribution in [2.24, 2.45) is 7.05 Å². The number of aryl methyl sites for hydroxylation is 1. The van der Waals surface area contributed by atoms with Crippen LogP contribution in [-0.4, -0.2) is 116 Å². The number of aromatic nitrogens is 5. The fraction of sp³-hybridized carbons (Fsp3) is 0.615. The minimum absolute atomic E-state index is 0.0661. The first-order valence-corrected chi connectivity index (χ1v) is 15.6. The molecule has 3 saturated heterocycles. The molecule has 3 aromatic heterocycles. The first kappa shape index (κ1) is 27.1. The number of fused-ring (bicyclic) bond motifs is 1. The fourth-order valence-corrected chi connectivity index (χ4v) is 6.16. The Morgan fingerprint density at radius 2 is 1.80 bits per heavy atom. The lowest BCUT2D eigenvalue weighted by Gasteiger charge is -2.41. The smallest absolute Gasteiger partial charge is 0.298 e. The lowest BCUT2D eigenvalue weighted by atomic mass is 10.0. The number of pyridine rings is 1. The molecule has 14 heteroatoms. The summed E-state index contributed by atoms with van der Waals surface area (Å²) >= 11 is 0. The van der Waals surface area contributed by atoms with Crippen molar-refractivity contribution in [1.29, 1.82) is 0 Å². The lowest BCUT2D eigenvalue weighted by molar-refractivity contribution is -0.0783. The minimum atomic E-state index is -3.32. The summed E-state index contributed by atoms with van der Waals surface area (Å²) in [6, 6.07) is 2.77. The van der Waals surface area contributed by atoms with Gasteiger partial charge in [-0.3, -0.25) is 9.47 Å². The summed E-state index contributed by atoms with van der Waals surface area (Å²) in [4.78, 5) is 23.6. The quantitative estimate of drug-likeness (QED) is 0.381. The van der Waals surface area contributed by atoms with E-state index in [2.05, 4.69) is 14.8 Å². The second-order valence-corrected chi connectivity index (χ2v) is 12.7. The Kier molecular flexibility index (Phi) is 7.50. The fourth-order valence-electron chi connectivity index (χ4n) is 5.39. The number of imidazole rings is 1. The maximum Gasteiger partial charge on any atom is 0.298 e. The Morgan fingerprint density at radius 1 is 1.05 bits per heavy atom. The van der Waals surface area contributed by atoms with Gasteiger partial charge < -0.3 is 23.8 Å². The molecule has 3 aliphatic heterocycles. The summed E-state index contributed by atoms with van der Waals surface area (Å²) in [5.41, 5.74) is 2.33. The van der Waals surface area contributed by atoms with Crippen LogP contribution in [0.5, 0.6) is 11.9 Å². The molecule has 3 aromatic rings. The Balaban J connectivity index is 1.35. The third-order valence-corrected chi connectivity index (χ3v) is 8.49. The molecule has 0 aliphatic carbocycles. The molecule has 0 unspecified atom stereocenters. The molecular formula is C26H35N7O6S. The molecule has 0 spiro atoms. The molecule has 0 N–H and O–H groups in total. The third kappa shape index (κ3) is 5.57. The second-order valence-electron chi connectivity index (χ2n) is 10.6. The van der Waals surface area contributed by atoms with E-state index in [1.165, 1.54) is 13.4 Å². The highest BCUT2D eigenvalue weighted by atomic mass is 32.2. The predicted octanol–water partition coefficient (Wildman–Crippen LogP) is 1.06. The molecule has 40 heavy (non-hydrogen) atoms. The first-order valence-electron chi connectivity index (χ1n) is 13.6. The predicted molar refractivity (Wildman–Crippen MR) is 147 cm³/mol. The van der Waals surface area contributed by atoms with Gasteiger partial charge in [0.15, 0.2) is 32.6 Å². The average molecular weight is 574 g/mol. The van der Waals surface area contributed by atoms with Crippen molar-refractivity contribution in [2.45, 2.75) is 30.7 Å². The SMILES string of the molecule is COc1ncc(-c2nc(N3CCOCC3)c3nc(OC4CCN(C5COC5)CC4)n(C)c3n2)cc1CS(C)(=O)=O. The van der Waals surface area contributed by atoms with Crippen molar-refractivity contribution in [2.75, 3.05) is 70.9 Å². The molecule has 0 amide bonds. The van der Waals surface area contributed by atoms with Crippen LogP contribution in [0.3, 0.4) is 0 Å². The van der Waals surface area contributed by atoms with E-state index in [0.717, 1.165) is 39.1 Å². The van der Waals surface area contributed by atoms with Crippen molar-refractivity contribution >= 4 is 26.8 Å². The van der Waals surface area contributed by atoms with Crippen LogP contribution in [0, 0.1) is 0 Å². The number of piperidine rings is 1. The lowest BCUT2D eigenvalue weighted by Crippen LogP contribution is -2.53. The molecule has 216 valence electrons. The molecule has 6 rings (SSSR count). The molecule has 0 aromatic carbocycles. The molecule has 6 heterocycles. The largest absolute Gasteiger partial charge is 0.481 e. The van der Waals surface area contributed by atoms with Crippen LogP contribution in [0.4, 0.5) is 5.82 Å². The number of hydrogen-bond donors (Lipinski definition) is 0. The van der Waals surface area contributed by atoms with Gasteiger partial charge in [-0.25, -0.2) is 23.4 Å². The maximum atomic E-state index is 12.1. The van der Waals surface area contributed by atoms with E-state index in [4.69, 9.17) is 33.9 Å². The van der Waals surface area contributed by atoms with Crippen LogP contribution in [0.1, 0.15) is 18.4 Å². The van der Waals surface area contributed by atoms with Crippen molar-refractivity contribution < 1.29 is 27.4 Å². The van der Waals surface area contributed by atoms with Gasteiger partial charge in [-0.2, -0.15) is 4.98 Å². The summed E-state index contributed by atoms with van der Waals surface area (Å²) < 4.78 is 48.7. The number of likely N-dealkylation sites (tertiary alicyclic amines) is 1. The van der Waals surface area contributed by atoms with Crippen LogP contribution in [-0.2, 0) is 32.1 Å². The Morgan fingerprint density at radius 3 is 2.45 bits per heavy atom. The molecule has 0 bridgehead atoms. The number of methoxy groups -OCH3 is 1. The zero-order valence-electron chi connectivity index (χ0n) is 23.1. The molecule has 0 atom stereocenters. The summed E-state index contributed by atoms with van der Waals surface area (Å²) in [7, 11) is 0.0477. The van der Waals surface area contributed by atoms with Gasteiger partial charge >= 0.3 is 0 Å². The Hall–Kier alpha value is -3.07. The Labute approximate surface area is 233 Å². The maximum absolute atomic E-state index is 12.1. The van der Waals surface area contributed by atoms with Gasteiger partial charge in [-0.15, -0.1) is 0 Å². The van der Waals surface area contributed by atoms with E-state index >= 15 is 0 Å². The summed E-state index contributed by atoms with van der Waals surface area (Å²) in [6.07, 6.45) is 4.70.